The Morgan fingerprint density at radius 1 is 1.31 bits per heavy atom. The molecule has 0 fully saturated rings. The minimum absolute atomic E-state index is 0.0936. The number of aryl methyl sites for hydroxylation is 1. The van der Waals surface area contributed by atoms with E-state index < -0.39 is 28.6 Å². The molecule has 0 spiro atoms. The molecule has 1 amide bonds. The number of benzene rings is 1. The predicted molar refractivity (Wildman–Crippen MR) is 104 cm³/mol. The molecule has 1 aromatic carbocycles. The molecule has 0 saturated heterocycles. The molecule has 0 saturated carbocycles. The van der Waals surface area contributed by atoms with E-state index in [4.69, 9.17) is 4.74 Å². The first kappa shape index (κ1) is 20.3. The Hall–Kier alpha value is -3.46. The highest BCUT2D eigenvalue weighted by Crippen LogP contribution is 2.27. The molecule has 2 aromatic heterocycles. The number of methoxy groups -OCH3 is 1. The molecule has 0 aliphatic heterocycles. The molecule has 0 atom stereocenters. The predicted octanol–water partition coefficient (Wildman–Crippen LogP) is 1.45. The molecule has 3 aromatic rings. The Labute approximate surface area is 165 Å². The van der Waals surface area contributed by atoms with E-state index in [0.29, 0.717) is 16.6 Å². The highest BCUT2D eigenvalue weighted by molar-refractivity contribution is 6.01. The summed E-state index contributed by atoms with van der Waals surface area (Å²) in [6.07, 6.45) is 1.70. The maximum atomic E-state index is 13.2. The van der Waals surface area contributed by atoms with Crippen LogP contribution in [-0.2, 0) is 18.2 Å². The molecule has 152 valence electrons. The van der Waals surface area contributed by atoms with Gasteiger partial charge in [0.05, 0.1) is 12.1 Å². The minimum Gasteiger partial charge on any atom is -0.508 e. The first-order valence-corrected chi connectivity index (χ1v) is 8.78. The molecule has 0 aliphatic rings. The maximum Gasteiger partial charge on any atom is 0.267 e. The first-order chi connectivity index (χ1) is 13.8. The van der Waals surface area contributed by atoms with E-state index in [-0.39, 0.29) is 30.8 Å². The van der Waals surface area contributed by atoms with E-state index in [1.54, 1.807) is 6.07 Å². The van der Waals surface area contributed by atoms with Gasteiger partial charge in [-0.05, 0) is 23.3 Å². The number of nitrogens with zero attached hydrogens (tertiary/aromatic N) is 2. The highest BCUT2D eigenvalue weighted by atomic mass is 19.1. The summed E-state index contributed by atoms with van der Waals surface area (Å²) in [6.45, 7) is 0.446. The summed E-state index contributed by atoms with van der Waals surface area (Å²) in [5, 5.41) is 22.9. The number of fused-ring (bicyclic) bond motifs is 1. The number of aromatic nitrogens is 2. The third kappa shape index (κ3) is 4.04. The Balaban J connectivity index is 2.01. The van der Waals surface area contributed by atoms with Crippen molar-refractivity contribution in [3.05, 3.63) is 63.3 Å². The van der Waals surface area contributed by atoms with Crippen molar-refractivity contribution < 1.29 is 24.1 Å². The number of pyridine rings is 2. The SMILES string of the molecule is COCCNC(=O)c1c(O)c2ncc(Cc3ccc(F)cc3O)cc2n(C)c1=O. The number of rotatable bonds is 6. The summed E-state index contributed by atoms with van der Waals surface area (Å²) < 4.78 is 19.2. The van der Waals surface area contributed by atoms with Gasteiger partial charge in [-0.3, -0.25) is 14.6 Å². The Morgan fingerprint density at radius 2 is 2.07 bits per heavy atom. The van der Waals surface area contributed by atoms with Gasteiger partial charge in [0.15, 0.2) is 5.75 Å². The van der Waals surface area contributed by atoms with Gasteiger partial charge in [-0.1, -0.05) is 6.07 Å². The third-order valence-corrected chi connectivity index (χ3v) is 4.53. The lowest BCUT2D eigenvalue weighted by Crippen LogP contribution is -2.34. The summed E-state index contributed by atoms with van der Waals surface area (Å²) in [4.78, 5) is 29.1. The fourth-order valence-electron chi connectivity index (χ4n) is 2.99. The molecule has 0 aliphatic carbocycles. The van der Waals surface area contributed by atoms with E-state index in [1.807, 2.05) is 0 Å². The van der Waals surface area contributed by atoms with Crippen LogP contribution in [0.4, 0.5) is 4.39 Å². The van der Waals surface area contributed by atoms with E-state index >= 15 is 0 Å². The molecule has 3 N–H and O–H groups in total. The molecular weight excluding hydrogens is 381 g/mol. The summed E-state index contributed by atoms with van der Waals surface area (Å²) >= 11 is 0. The molecule has 2 heterocycles. The van der Waals surface area contributed by atoms with E-state index in [9.17, 15) is 24.2 Å². The van der Waals surface area contributed by atoms with Crippen LogP contribution < -0.4 is 10.9 Å². The number of carbonyl (C=O) groups is 1. The van der Waals surface area contributed by atoms with Crippen molar-refractivity contribution in [1.82, 2.24) is 14.9 Å². The molecular formula is C20H20FN3O5. The fourth-order valence-corrected chi connectivity index (χ4v) is 2.99. The number of halogens is 1. The largest absolute Gasteiger partial charge is 0.508 e. The second-order valence-electron chi connectivity index (χ2n) is 6.50. The average Bonchev–Trinajstić information content (AvgIpc) is 2.69. The van der Waals surface area contributed by atoms with Crippen LogP contribution in [0.25, 0.3) is 11.0 Å². The lowest BCUT2D eigenvalue weighted by molar-refractivity contribution is 0.0932. The summed E-state index contributed by atoms with van der Waals surface area (Å²) in [7, 11) is 2.95. The van der Waals surface area contributed by atoms with Gasteiger partial charge in [0.1, 0.15) is 22.6 Å². The van der Waals surface area contributed by atoms with Crippen molar-refractivity contribution in [3.8, 4) is 11.5 Å². The zero-order valence-corrected chi connectivity index (χ0v) is 15.9. The lowest BCUT2D eigenvalue weighted by Gasteiger charge is -2.13. The van der Waals surface area contributed by atoms with Crippen molar-refractivity contribution >= 4 is 16.9 Å². The summed E-state index contributed by atoms with van der Waals surface area (Å²) in [5.41, 5.74) is 0.458. The normalized spacial score (nSPS) is 11.0. The molecule has 3 rings (SSSR count). The van der Waals surface area contributed by atoms with Crippen molar-refractivity contribution in [3.63, 3.8) is 0 Å². The molecule has 0 bridgehead atoms. The Morgan fingerprint density at radius 3 is 2.76 bits per heavy atom. The van der Waals surface area contributed by atoms with Crippen LogP contribution in [0.15, 0.2) is 35.3 Å². The van der Waals surface area contributed by atoms with Crippen LogP contribution in [-0.4, -0.2) is 45.9 Å². The van der Waals surface area contributed by atoms with Crippen LogP contribution in [0.5, 0.6) is 11.5 Å². The van der Waals surface area contributed by atoms with Crippen molar-refractivity contribution in [1.29, 1.82) is 0 Å². The van der Waals surface area contributed by atoms with Crippen molar-refractivity contribution in [2.75, 3.05) is 20.3 Å². The van der Waals surface area contributed by atoms with E-state index in [0.717, 1.165) is 6.07 Å². The molecule has 0 unspecified atom stereocenters. The second-order valence-corrected chi connectivity index (χ2v) is 6.50. The lowest BCUT2D eigenvalue weighted by atomic mass is 10.0. The van der Waals surface area contributed by atoms with Crippen molar-refractivity contribution in [2.45, 2.75) is 6.42 Å². The van der Waals surface area contributed by atoms with E-state index in [1.165, 1.54) is 37.1 Å². The highest BCUT2D eigenvalue weighted by Gasteiger charge is 2.22. The third-order valence-electron chi connectivity index (χ3n) is 4.53. The Bertz CT molecular complexity index is 1140. The maximum absolute atomic E-state index is 13.2. The number of ether oxygens (including phenoxy) is 1. The molecule has 9 heteroatoms. The van der Waals surface area contributed by atoms with Gasteiger partial charge in [0, 0.05) is 39.4 Å². The smallest absolute Gasteiger partial charge is 0.267 e. The number of hydrogen-bond donors (Lipinski definition) is 3. The molecule has 0 radical (unpaired) electrons. The standard InChI is InChI=1S/C20H20FN3O5/c1-24-14-8-11(7-12-3-4-13(21)9-15(12)25)10-23-17(14)18(26)16(20(24)28)19(27)22-5-6-29-2/h3-4,8-10,25-26H,5-7H2,1-2H3,(H,22,27). The van der Waals surface area contributed by atoms with Crippen LogP contribution in [0.1, 0.15) is 21.5 Å². The van der Waals surface area contributed by atoms with Gasteiger partial charge >= 0.3 is 0 Å². The number of phenolic OH excluding ortho intramolecular Hbond substituents is 1. The zero-order valence-electron chi connectivity index (χ0n) is 15.9. The number of carbonyl (C=O) groups excluding carboxylic acids is 1. The van der Waals surface area contributed by atoms with Gasteiger partial charge < -0.3 is 24.8 Å². The number of amides is 1. The quantitative estimate of drug-likeness (QED) is 0.539. The second kappa shape index (κ2) is 8.27. The fraction of sp³-hybridized carbons (Fsp3) is 0.250. The summed E-state index contributed by atoms with van der Waals surface area (Å²) in [6, 6.07) is 5.33. The molecule has 29 heavy (non-hydrogen) atoms. The van der Waals surface area contributed by atoms with Gasteiger partial charge in [0.2, 0.25) is 0 Å². The first-order valence-electron chi connectivity index (χ1n) is 8.78. The van der Waals surface area contributed by atoms with Crippen LogP contribution >= 0.6 is 0 Å². The van der Waals surface area contributed by atoms with Crippen LogP contribution in [0.3, 0.4) is 0 Å². The van der Waals surface area contributed by atoms with Crippen LogP contribution in [0.2, 0.25) is 0 Å². The van der Waals surface area contributed by atoms with Gasteiger partial charge in [-0.2, -0.15) is 0 Å². The number of hydrogen-bond acceptors (Lipinski definition) is 6. The molecule has 8 nitrogen and oxygen atoms in total. The van der Waals surface area contributed by atoms with Gasteiger partial charge in [-0.15, -0.1) is 0 Å². The zero-order chi connectivity index (χ0) is 21.1. The number of nitrogens with one attached hydrogen (secondary N) is 1. The number of aromatic hydroxyl groups is 2. The number of phenols is 1. The summed E-state index contributed by atoms with van der Waals surface area (Å²) in [5.74, 6) is -1.96. The van der Waals surface area contributed by atoms with E-state index in [2.05, 4.69) is 10.3 Å². The van der Waals surface area contributed by atoms with Gasteiger partial charge in [0.25, 0.3) is 11.5 Å². The minimum atomic E-state index is -0.718. The van der Waals surface area contributed by atoms with Crippen LogP contribution in [0, 0.1) is 5.82 Å². The average molecular weight is 401 g/mol. The van der Waals surface area contributed by atoms with Gasteiger partial charge in [-0.25, -0.2) is 4.39 Å². The van der Waals surface area contributed by atoms with Crippen molar-refractivity contribution in [2.24, 2.45) is 7.05 Å². The Kier molecular flexibility index (Phi) is 5.79. The monoisotopic (exact) mass is 401 g/mol. The topological polar surface area (TPSA) is 114 Å².